The summed E-state index contributed by atoms with van der Waals surface area (Å²) in [5.41, 5.74) is -9.74. The summed E-state index contributed by atoms with van der Waals surface area (Å²) in [6.45, 7) is 20.7. The van der Waals surface area contributed by atoms with Gasteiger partial charge < -0.3 is 47.6 Å². The Morgan fingerprint density at radius 3 is 1.56 bits per heavy atom. The van der Waals surface area contributed by atoms with Gasteiger partial charge in [-0.25, -0.2) is 4.98 Å². The van der Waals surface area contributed by atoms with Crippen molar-refractivity contribution in [3.63, 3.8) is 0 Å². The van der Waals surface area contributed by atoms with Crippen LogP contribution in [0.4, 0.5) is 5.82 Å². The van der Waals surface area contributed by atoms with E-state index in [4.69, 9.17) is 20.6 Å². The number of aromatic nitrogens is 4. The van der Waals surface area contributed by atoms with Gasteiger partial charge in [0, 0.05) is 13.1 Å². The van der Waals surface area contributed by atoms with E-state index >= 15 is 0 Å². The molecule has 1 saturated carbocycles. The summed E-state index contributed by atoms with van der Waals surface area (Å²) in [7, 11) is -9.96. The third kappa shape index (κ3) is 5.61. The number of phosphoric ester groups is 2. The minimum atomic E-state index is -5.80. The normalized spacial score (nSPS) is 19.2. The van der Waals surface area contributed by atoms with Gasteiger partial charge in [0.1, 0.15) is 0 Å². The monoisotopic (exact) mass is 663 g/mol. The van der Waals surface area contributed by atoms with Gasteiger partial charge in [-0.15, -0.1) is 0 Å². The molecule has 0 bridgehead atoms. The predicted octanol–water partition coefficient (Wildman–Crippen LogP) is 3.81. The molecule has 1 atom stereocenters. The Morgan fingerprint density at radius 2 is 1.23 bits per heavy atom. The van der Waals surface area contributed by atoms with Crippen LogP contribution in [0, 0.1) is 27.1 Å². The number of hydrogen-bond donors (Lipinski definition) is 1. The van der Waals surface area contributed by atoms with Crippen molar-refractivity contribution in [2.75, 3.05) is 12.4 Å². The fraction of sp³-hybridized carbons (Fsp3) is 0.815. The van der Waals surface area contributed by atoms with Crippen LogP contribution in [0.3, 0.4) is 0 Å². The van der Waals surface area contributed by atoms with Crippen molar-refractivity contribution < 1.29 is 37.8 Å². The van der Waals surface area contributed by atoms with E-state index in [1.165, 1.54) is 6.33 Å². The van der Waals surface area contributed by atoms with Gasteiger partial charge in [0.05, 0.1) is 38.6 Å². The van der Waals surface area contributed by atoms with Gasteiger partial charge in [0.2, 0.25) is 5.28 Å². The molecular formula is C27H44ClN5O8P2-4. The van der Waals surface area contributed by atoms with Crippen LogP contribution in [-0.4, -0.2) is 37.8 Å². The summed E-state index contributed by atoms with van der Waals surface area (Å²) in [5.74, 6) is 0.329. The van der Waals surface area contributed by atoms with Crippen molar-refractivity contribution in [1.82, 2.24) is 19.5 Å². The number of nitrogens with one attached hydrogen (secondary N) is 1. The summed E-state index contributed by atoms with van der Waals surface area (Å²) in [6.07, 6.45) is 1.50. The van der Waals surface area contributed by atoms with Crippen molar-refractivity contribution in [3.05, 3.63) is 11.6 Å². The third-order valence-electron chi connectivity index (χ3n) is 8.87. The summed E-state index contributed by atoms with van der Waals surface area (Å²) < 4.78 is 39.0. The molecule has 0 aliphatic heterocycles. The van der Waals surface area contributed by atoms with E-state index in [1.54, 1.807) is 94.7 Å². The second kappa shape index (κ2) is 10.4. The van der Waals surface area contributed by atoms with Crippen molar-refractivity contribution in [1.29, 1.82) is 0 Å². The van der Waals surface area contributed by atoms with Crippen LogP contribution in [-0.2, 0) is 18.2 Å². The van der Waals surface area contributed by atoms with Gasteiger partial charge in [-0.2, -0.15) is 9.97 Å². The minimum Gasteiger partial charge on any atom is -0.790 e. The first kappa shape index (κ1) is 36.3. The van der Waals surface area contributed by atoms with E-state index in [9.17, 15) is 28.7 Å². The maximum absolute atomic E-state index is 12.8. The fourth-order valence-corrected chi connectivity index (χ4v) is 11.1. The molecule has 3 rings (SSSR count). The predicted molar refractivity (Wildman–Crippen MR) is 157 cm³/mol. The molecule has 0 amide bonds. The first-order valence-corrected chi connectivity index (χ1v) is 17.3. The third-order valence-corrected chi connectivity index (χ3v) is 10.0. The largest absolute Gasteiger partial charge is 0.790 e. The molecule has 2 aromatic heterocycles. The Kier molecular flexibility index (Phi) is 8.82. The number of halogens is 1. The first-order chi connectivity index (χ1) is 18.9. The highest BCUT2D eigenvalue weighted by Crippen LogP contribution is 2.84. The van der Waals surface area contributed by atoms with Crippen molar-refractivity contribution >= 4 is 44.2 Å². The van der Waals surface area contributed by atoms with Crippen molar-refractivity contribution in [3.8, 4) is 0 Å². The van der Waals surface area contributed by atoms with Gasteiger partial charge in [0.25, 0.3) is 0 Å². The molecule has 2 heterocycles. The minimum absolute atomic E-state index is 0.0258. The van der Waals surface area contributed by atoms with E-state index in [0.29, 0.717) is 11.3 Å². The highest BCUT2D eigenvalue weighted by Gasteiger charge is 2.86. The molecule has 1 fully saturated rings. The summed E-state index contributed by atoms with van der Waals surface area (Å²) >= 11 is 6.28. The molecule has 0 spiro atoms. The van der Waals surface area contributed by atoms with E-state index < -0.39 is 60.0 Å². The highest BCUT2D eigenvalue weighted by molar-refractivity contribution is 7.43. The Hall–Kier alpha value is -1.14. The first-order valence-electron chi connectivity index (χ1n) is 14.0. The van der Waals surface area contributed by atoms with Crippen LogP contribution in [0.15, 0.2) is 6.33 Å². The Morgan fingerprint density at radius 1 is 0.837 bits per heavy atom. The van der Waals surface area contributed by atoms with Gasteiger partial charge in [-0.05, 0) is 39.7 Å². The number of rotatable bonds is 8. The van der Waals surface area contributed by atoms with E-state index in [-0.39, 0.29) is 17.4 Å². The van der Waals surface area contributed by atoms with Crippen molar-refractivity contribution in [2.24, 2.45) is 27.1 Å². The maximum atomic E-state index is 12.8. The second-order valence-corrected chi connectivity index (χ2v) is 18.0. The van der Waals surface area contributed by atoms with Crippen LogP contribution in [0.2, 0.25) is 5.28 Å². The van der Waals surface area contributed by atoms with Crippen LogP contribution in [0.1, 0.15) is 95.5 Å². The summed E-state index contributed by atoms with van der Waals surface area (Å²) in [5, 5.41) is 2.83. The molecule has 1 aliphatic rings. The molecule has 16 heteroatoms. The smallest absolute Gasteiger partial charge is 0.226 e. The Labute approximate surface area is 259 Å². The SMILES string of the molecule is CNc1nc(Cl)nc2c1ncn2C1CC1(C(OP(=O)([O-])[O-])(C(C)(C)C)C(C)(C)C)C(OP(=O)([O-])[O-])(C(C)(C)C)C(C)(C)C. The average molecular weight is 664 g/mol. The van der Waals surface area contributed by atoms with Crippen LogP contribution < -0.4 is 24.9 Å². The summed E-state index contributed by atoms with van der Waals surface area (Å²) in [4.78, 5) is 64.4. The van der Waals surface area contributed by atoms with Crippen molar-refractivity contribution in [2.45, 2.75) is 107 Å². The Balaban J connectivity index is 2.71. The highest BCUT2D eigenvalue weighted by atomic mass is 35.5. The number of anilines is 1. The van der Waals surface area contributed by atoms with Gasteiger partial charge in [-0.3, -0.25) is 0 Å². The molecule has 0 saturated heterocycles. The Bertz CT molecular complexity index is 1390. The molecule has 0 radical (unpaired) electrons. The van der Waals surface area contributed by atoms with Gasteiger partial charge in [-0.1, -0.05) is 83.1 Å². The zero-order chi connectivity index (χ0) is 33.6. The average Bonchev–Trinajstić information content (AvgIpc) is 3.34. The number of imidazole rings is 1. The second-order valence-electron chi connectivity index (χ2n) is 15.5. The van der Waals surface area contributed by atoms with Crippen LogP contribution >= 0.6 is 27.2 Å². The lowest BCUT2D eigenvalue weighted by molar-refractivity contribution is -0.387. The standard InChI is InChI=1S/C27H48ClN5O8P2/c1-21(2,3)26(22(4,5)6,40-42(34,35)36)25(27(23(7,8)9,24(10,11)12)41-43(37,38)39)14-16(25)33-15-30-17-18(29-13)31-20(28)32-19(17)33/h15-16H,14H2,1-13H3,(H,29,31,32)(H2,34,35,36)(H2,37,38,39)/p-4. The van der Waals surface area contributed by atoms with Crippen LogP contribution in [0.5, 0.6) is 0 Å². The number of nitrogens with zero attached hydrogens (tertiary/aromatic N) is 4. The lowest BCUT2D eigenvalue weighted by Crippen LogP contribution is -2.74. The zero-order valence-electron chi connectivity index (χ0n) is 27.2. The van der Waals surface area contributed by atoms with E-state index in [0.717, 1.165) is 0 Å². The number of hydrogen-bond acceptors (Lipinski definition) is 12. The molecule has 13 nitrogen and oxygen atoms in total. The van der Waals surface area contributed by atoms with Gasteiger partial charge >= 0.3 is 0 Å². The molecular weight excluding hydrogens is 620 g/mol. The topological polar surface area (TPSA) is 200 Å². The fourth-order valence-electron chi connectivity index (χ4n) is 8.85. The van der Waals surface area contributed by atoms with Gasteiger partial charge in [0.15, 0.2) is 17.0 Å². The van der Waals surface area contributed by atoms with E-state index in [1.807, 2.05) is 0 Å². The molecule has 1 unspecified atom stereocenters. The molecule has 43 heavy (non-hydrogen) atoms. The summed E-state index contributed by atoms with van der Waals surface area (Å²) in [6, 6.07) is -0.844. The molecule has 1 aliphatic carbocycles. The molecule has 2 aromatic rings. The maximum Gasteiger partial charge on any atom is 0.226 e. The number of phosphoric acid groups is 2. The van der Waals surface area contributed by atoms with E-state index in [2.05, 4.69) is 20.3 Å². The lowest BCUT2D eigenvalue weighted by Gasteiger charge is -2.70. The quantitative estimate of drug-likeness (QED) is 0.317. The zero-order valence-corrected chi connectivity index (χ0v) is 29.7. The lowest BCUT2D eigenvalue weighted by atomic mass is 9.44. The number of fused-ring (bicyclic) bond motifs is 1. The molecule has 0 aromatic carbocycles. The molecule has 1 N–H and O–H groups in total. The molecule has 246 valence electrons. The van der Waals surface area contributed by atoms with Crippen LogP contribution in [0.25, 0.3) is 11.2 Å².